The molecule has 0 radical (unpaired) electrons. The zero-order valence-corrected chi connectivity index (χ0v) is 7.55. The first-order valence-corrected chi connectivity index (χ1v) is 4.17. The summed E-state index contributed by atoms with van der Waals surface area (Å²) >= 11 is 0. The quantitative estimate of drug-likeness (QED) is 0.656. The molecule has 0 aromatic carbocycles. The summed E-state index contributed by atoms with van der Waals surface area (Å²) in [5.41, 5.74) is -0.00514. The Hall–Kier alpha value is -2.11. The lowest BCUT2D eigenvalue weighted by molar-refractivity contribution is -0.108. The Morgan fingerprint density at radius 2 is 2.13 bits per heavy atom. The Morgan fingerprint density at radius 3 is 2.87 bits per heavy atom. The van der Waals surface area contributed by atoms with Gasteiger partial charge in [-0.1, -0.05) is 0 Å². The summed E-state index contributed by atoms with van der Waals surface area (Å²) in [6.45, 7) is -0.136. The van der Waals surface area contributed by atoms with Crippen LogP contribution in [0.5, 0.6) is 0 Å². The van der Waals surface area contributed by atoms with Crippen molar-refractivity contribution in [3.8, 4) is 0 Å². The van der Waals surface area contributed by atoms with Crippen LogP contribution in [0.25, 0.3) is 11.2 Å². The minimum absolute atomic E-state index is 0.136. The van der Waals surface area contributed by atoms with Crippen LogP contribution >= 0.6 is 0 Å². The SMILES string of the molecule is O=CCn1c(=O)cnc2ncc(F)cc21. The number of fused-ring (bicyclic) bond motifs is 1. The van der Waals surface area contributed by atoms with Gasteiger partial charge in [0, 0.05) is 6.07 Å². The van der Waals surface area contributed by atoms with Gasteiger partial charge in [-0.25, -0.2) is 14.4 Å². The number of carbonyl (C=O) groups is 1. The highest BCUT2D eigenvalue weighted by atomic mass is 19.1. The molecular formula is C9H6FN3O2. The Morgan fingerprint density at radius 1 is 1.40 bits per heavy atom. The van der Waals surface area contributed by atoms with Gasteiger partial charge in [0.2, 0.25) is 0 Å². The average Bonchev–Trinajstić information content (AvgIpc) is 2.23. The van der Waals surface area contributed by atoms with E-state index in [1.54, 1.807) is 0 Å². The maximum Gasteiger partial charge on any atom is 0.270 e. The van der Waals surface area contributed by atoms with Crippen LogP contribution in [-0.2, 0) is 11.3 Å². The number of hydrogen-bond donors (Lipinski definition) is 0. The molecule has 0 aliphatic heterocycles. The van der Waals surface area contributed by atoms with Crippen LogP contribution in [-0.4, -0.2) is 20.8 Å². The van der Waals surface area contributed by atoms with Crippen molar-refractivity contribution in [2.24, 2.45) is 0 Å². The standard InChI is InChI=1S/C9H6FN3O2/c10-6-3-7-9(11-4-6)12-5-8(15)13(7)1-2-14/h2-5H,1H2. The zero-order chi connectivity index (χ0) is 10.8. The van der Waals surface area contributed by atoms with Gasteiger partial charge in [-0.15, -0.1) is 0 Å². The molecule has 0 amide bonds. The van der Waals surface area contributed by atoms with E-state index in [9.17, 15) is 14.0 Å². The molecule has 5 nitrogen and oxygen atoms in total. The molecule has 0 bridgehead atoms. The first-order valence-electron chi connectivity index (χ1n) is 4.17. The maximum absolute atomic E-state index is 12.9. The normalized spacial score (nSPS) is 10.5. The molecule has 0 atom stereocenters. The fraction of sp³-hybridized carbons (Fsp3) is 0.111. The minimum Gasteiger partial charge on any atom is -0.301 e. The molecule has 2 rings (SSSR count). The number of rotatable bonds is 2. The first-order chi connectivity index (χ1) is 7.22. The van der Waals surface area contributed by atoms with E-state index in [-0.39, 0.29) is 17.7 Å². The van der Waals surface area contributed by atoms with Crippen LogP contribution in [0.2, 0.25) is 0 Å². The lowest BCUT2D eigenvalue weighted by atomic mass is 10.4. The number of pyridine rings is 1. The van der Waals surface area contributed by atoms with Gasteiger partial charge in [-0.3, -0.25) is 9.36 Å². The number of aromatic nitrogens is 3. The summed E-state index contributed by atoms with van der Waals surface area (Å²) in [6.07, 6.45) is 2.62. The van der Waals surface area contributed by atoms with Crippen LogP contribution in [0, 0.1) is 5.82 Å². The van der Waals surface area contributed by atoms with Gasteiger partial charge >= 0.3 is 0 Å². The Kier molecular flexibility index (Phi) is 2.24. The van der Waals surface area contributed by atoms with E-state index in [0.717, 1.165) is 23.0 Å². The van der Waals surface area contributed by atoms with Crippen LogP contribution in [0.1, 0.15) is 0 Å². The Labute approximate surface area is 83.2 Å². The van der Waals surface area contributed by atoms with E-state index < -0.39 is 11.4 Å². The van der Waals surface area contributed by atoms with Gasteiger partial charge in [-0.05, 0) is 0 Å². The van der Waals surface area contributed by atoms with E-state index >= 15 is 0 Å². The summed E-state index contributed by atoms with van der Waals surface area (Å²) < 4.78 is 14.0. The van der Waals surface area contributed by atoms with Gasteiger partial charge in [-0.2, -0.15) is 0 Å². The van der Waals surface area contributed by atoms with Crippen LogP contribution in [0.4, 0.5) is 4.39 Å². The smallest absolute Gasteiger partial charge is 0.270 e. The number of carbonyl (C=O) groups excluding carboxylic acids is 1. The number of nitrogens with zero attached hydrogens (tertiary/aromatic N) is 3. The monoisotopic (exact) mass is 207 g/mol. The molecule has 2 aromatic heterocycles. The third-order valence-electron chi connectivity index (χ3n) is 1.93. The molecule has 2 aromatic rings. The third kappa shape index (κ3) is 1.61. The van der Waals surface area contributed by atoms with E-state index in [0.29, 0.717) is 6.29 Å². The highest BCUT2D eigenvalue weighted by Gasteiger charge is 2.05. The fourth-order valence-corrected chi connectivity index (χ4v) is 1.29. The number of hydrogen-bond acceptors (Lipinski definition) is 4. The molecule has 0 N–H and O–H groups in total. The lowest BCUT2D eigenvalue weighted by Gasteiger charge is -2.04. The summed E-state index contributed by atoms with van der Waals surface area (Å²) in [6, 6.07) is 1.13. The predicted molar refractivity (Wildman–Crippen MR) is 49.8 cm³/mol. The Balaban J connectivity index is 2.84. The molecule has 0 fully saturated rings. The van der Waals surface area contributed by atoms with Crippen molar-refractivity contribution in [1.82, 2.24) is 14.5 Å². The van der Waals surface area contributed by atoms with Crippen LogP contribution in [0.15, 0.2) is 23.3 Å². The lowest BCUT2D eigenvalue weighted by Crippen LogP contribution is -2.21. The highest BCUT2D eigenvalue weighted by Crippen LogP contribution is 2.07. The van der Waals surface area contributed by atoms with Gasteiger partial charge in [0.15, 0.2) is 5.65 Å². The van der Waals surface area contributed by atoms with Crippen molar-refractivity contribution in [2.75, 3.05) is 0 Å². The second kappa shape index (κ2) is 3.56. The van der Waals surface area contributed by atoms with Crippen molar-refractivity contribution in [1.29, 1.82) is 0 Å². The first kappa shape index (κ1) is 9.45. The van der Waals surface area contributed by atoms with Crippen molar-refractivity contribution in [3.05, 3.63) is 34.6 Å². The van der Waals surface area contributed by atoms with Crippen molar-refractivity contribution in [2.45, 2.75) is 6.54 Å². The summed E-state index contributed by atoms with van der Waals surface area (Å²) in [4.78, 5) is 29.1. The molecule has 0 aliphatic carbocycles. The van der Waals surface area contributed by atoms with Crippen molar-refractivity contribution < 1.29 is 9.18 Å². The van der Waals surface area contributed by atoms with Crippen molar-refractivity contribution >= 4 is 17.5 Å². The molecule has 0 spiro atoms. The number of halogens is 1. The van der Waals surface area contributed by atoms with E-state index in [1.165, 1.54) is 0 Å². The van der Waals surface area contributed by atoms with Gasteiger partial charge in [0.25, 0.3) is 5.56 Å². The zero-order valence-electron chi connectivity index (χ0n) is 7.55. The van der Waals surface area contributed by atoms with Gasteiger partial charge < -0.3 is 4.79 Å². The molecule has 76 valence electrons. The van der Waals surface area contributed by atoms with E-state index in [4.69, 9.17) is 0 Å². The molecule has 0 unspecified atom stereocenters. The fourth-order valence-electron chi connectivity index (χ4n) is 1.29. The van der Waals surface area contributed by atoms with Crippen molar-refractivity contribution in [3.63, 3.8) is 0 Å². The molecule has 0 aliphatic rings. The highest BCUT2D eigenvalue weighted by molar-refractivity contribution is 5.70. The summed E-state index contributed by atoms with van der Waals surface area (Å²) in [5, 5.41) is 0. The summed E-state index contributed by atoms with van der Waals surface area (Å²) in [5.74, 6) is -0.574. The number of aldehydes is 1. The second-order valence-electron chi connectivity index (χ2n) is 2.87. The maximum atomic E-state index is 12.9. The molecule has 6 heteroatoms. The summed E-state index contributed by atoms with van der Waals surface area (Å²) in [7, 11) is 0. The average molecular weight is 207 g/mol. The molecular weight excluding hydrogens is 201 g/mol. The molecule has 15 heavy (non-hydrogen) atoms. The van der Waals surface area contributed by atoms with Gasteiger partial charge in [0.1, 0.15) is 12.1 Å². The molecule has 2 heterocycles. The van der Waals surface area contributed by atoms with E-state index in [1.807, 2.05) is 0 Å². The van der Waals surface area contributed by atoms with Crippen LogP contribution in [0.3, 0.4) is 0 Å². The van der Waals surface area contributed by atoms with E-state index in [2.05, 4.69) is 9.97 Å². The Bertz CT molecular complexity index is 579. The molecule has 0 saturated carbocycles. The predicted octanol–water partition coefficient (Wildman–Crippen LogP) is 0.129. The van der Waals surface area contributed by atoms with Crippen LogP contribution < -0.4 is 5.56 Å². The largest absolute Gasteiger partial charge is 0.301 e. The molecule has 0 saturated heterocycles. The van der Waals surface area contributed by atoms with Gasteiger partial charge in [0.05, 0.1) is 24.5 Å². The third-order valence-corrected chi connectivity index (χ3v) is 1.93. The second-order valence-corrected chi connectivity index (χ2v) is 2.87. The minimum atomic E-state index is -0.574. The topological polar surface area (TPSA) is 64.8 Å².